The zero-order valence-corrected chi connectivity index (χ0v) is 15.3. The third-order valence-corrected chi connectivity index (χ3v) is 5.09. The molecule has 0 aliphatic carbocycles. The molecule has 4 rings (SSSR count). The number of aromatic amines is 2. The maximum atomic E-state index is 13.3. The van der Waals surface area contributed by atoms with Crippen molar-refractivity contribution in [1.29, 1.82) is 0 Å². The summed E-state index contributed by atoms with van der Waals surface area (Å²) in [5.74, 6) is 1.01. The molecule has 1 unspecified atom stereocenters. The van der Waals surface area contributed by atoms with Crippen molar-refractivity contribution in [2.75, 3.05) is 13.1 Å². The third kappa shape index (κ3) is 3.18. The number of piperidine rings is 1. The Labute approximate surface area is 155 Å². The van der Waals surface area contributed by atoms with Gasteiger partial charge in [0.05, 0.1) is 0 Å². The summed E-state index contributed by atoms with van der Waals surface area (Å²) in [5.41, 5.74) is 2.67. The van der Waals surface area contributed by atoms with Gasteiger partial charge in [-0.2, -0.15) is 5.10 Å². The second-order valence-electron chi connectivity index (χ2n) is 6.93. The average molecular weight is 367 g/mol. The Hall–Kier alpha value is -3.16. The molecule has 140 valence electrons. The molecular weight excluding hydrogens is 346 g/mol. The van der Waals surface area contributed by atoms with Crippen LogP contribution in [0, 0.1) is 13.8 Å². The van der Waals surface area contributed by atoms with Crippen LogP contribution in [0.15, 0.2) is 33.6 Å². The minimum Gasteiger partial charge on any atom is -0.360 e. The molecule has 1 amide bonds. The van der Waals surface area contributed by atoms with Crippen LogP contribution in [0.25, 0.3) is 11.3 Å². The summed E-state index contributed by atoms with van der Waals surface area (Å²) in [6.07, 6.45) is 1.72. The average Bonchev–Trinajstić information content (AvgIpc) is 3.27. The minimum absolute atomic E-state index is 0.00345. The lowest BCUT2D eigenvalue weighted by atomic mass is 9.95. The molecule has 2 N–H and O–H groups in total. The summed E-state index contributed by atoms with van der Waals surface area (Å²) in [6.45, 7) is 4.90. The van der Waals surface area contributed by atoms with Gasteiger partial charge in [-0.15, -0.1) is 0 Å². The van der Waals surface area contributed by atoms with E-state index in [1.165, 1.54) is 0 Å². The number of hydrogen-bond donors (Lipinski definition) is 2. The van der Waals surface area contributed by atoms with Crippen molar-refractivity contribution in [2.45, 2.75) is 32.6 Å². The second-order valence-corrected chi connectivity index (χ2v) is 6.93. The summed E-state index contributed by atoms with van der Waals surface area (Å²) < 4.78 is 5.37. The van der Waals surface area contributed by atoms with E-state index in [0.717, 1.165) is 24.0 Å². The van der Waals surface area contributed by atoms with Gasteiger partial charge in [0, 0.05) is 24.6 Å². The van der Waals surface area contributed by atoms with Gasteiger partial charge < -0.3 is 9.42 Å². The molecule has 0 spiro atoms. The fourth-order valence-corrected chi connectivity index (χ4v) is 3.67. The number of amides is 1. The first-order valence-electron chi connectivity index (χ1n) is 9.00. The van der Waals surface area contributed by atoms with Crippen LogP contribution < -0.4 is 5.69 Å². The number of likely N-dealkylation sites (tertiary alicyclic amines) is 1. The largest absolute Gasteiger partial charge is 0.360 e. The van der Waals surface area contributed by atoms with Crippen molar-refractivity contribution in [1.82, 2.24) is 25.2 Å². The standard InChI is InChI=1S/C19H21N5O3/c1-11-6-3-4-8-14(11)16-15(12(2)27-23-16)18(25)24-9-5-7-13(10-24)17-20-19(26)22-21-17/h3-4,6,8,13H,5,7,9-10H2,1-2H3,(H2,20,21,22,26). The smallest absolute Gasteiger partial charge is 0.340 e. The van der Waals surface area contributed by atoms with E-state index >= 15 is 0 Å². The SMILES string of the molecule is Cc1ccccc1-c1noc(C)c1C(=O)N1CCCC(c2n[nH]c(=O)[nH]2)C1. The molecule has 1 aliphatic rings. The van der Waals surface area contributed by atoms with Crippen molar-refractivity contribution in [2.24, 2.45) is 0 Å². The van der Waals surface area contributed by atoms with Gasteiger partial charge in [0.15, 0.2) is 0 Å². The van der Waals surface area contributed by atoms with Crippen LogP contribution in [0.5, 0.6) is 0 Å². The highest BCUT2D eigenvalue weighted by molar-refractivity contribution is 6.01. The van der Waals surface area contributed by atoms with Crippen molar-refractivity contribution in [3.8, 4) is 11.3 Å². The normalized spacial score (nSPS) is 17.3. The van der Waals surface area contributed by atoms with Crippen LogP contribution in [0.1, 0.15) is 46.3 Å². The summed E-state index contributed by atoms with van der Waals surface area (Å²) in [4.78, 5) is 29.1. The van der Waals surface area contributed by atoms with Crippen molar-refractivity contribution in [3.63, 3.8) is 0 Å². The van der Waals surface area contributed by atoms with Crippen LogP contribution in [0.2, 0.25) is 0 Å². The lowest BCUT2D eigenvalue weighted by Gasteiger charge is -2.31. The molecule has 8 heteroatoms. The lowest BCUT2D eigenvalue weighted by molar-refractivity contribution is 0.0703. The monoisotopic (exact) mass is 367 g/mol. The maximum absolute atomic E-state index is 13.3. The molecule has 2 aromatic heterocycles. The number of H-pyrrole nitrogens is 2. The molecule has 27 heavy (non-hydrogen) atoms. The molecule has 8 nitrogen and oxygen atoms in total. The Kier molecular flexibility index (Phi) is 4.39. The number of rotatable bonds is 3. The fraction of sp³-hybridized carbons (Fsp3) is 0.368. The number of benzene rings is 1. The highest BCUT2D eigenvalue weighted by Gasteiger charge is 2.31. The van der Waals surface area contributed by atoms with Gasteiger partial charge in [0.2, 0.25) is 0 Å². The predicted molar refractivity (Wildman–Crippen MR) is 98.5 cm³/mol. The van der Waals surface area contributed by atoms with Gasteiger partial charge in [-0.05, 0) is 32.3 Å². The number of nitrogens with zero attached hydrogens (tertiary/aromatic N) is 3. The highest BCUT2D eigenvalue weighted by Crippen LogP contribution is 2.31. The van der Waals surface area contributed by atoms with Crippen LogP contribution >= 0.6 is 0 Å². The number of nitrogens with one attached hydrogen (secondary N) is 2. The van der Waals surface area contributed by atoms with E-state index in [-0.39, 0.29) is 17.5 Å². The summed E-state index contributed by atoms with van der Waals surface area (Å²) in [5, 5.41) is 10.6. The zero-order valence-electron chi connectivity index (χ0n) is 15.3. The van der Waals surface area contributed by atoms with Gasteiger partial charge in [-0.25, -0.2) is 9.89 Å². The highest BCUT2D eigenvalue weighted by atomic mass is 16.5. The van der Waals surface area contributed by atoms with E-state index in [4.69, 9.17) is 4.52 Å². The van der Waals surface area contributed by atoms with E-state index in [0.29, 0.717) is 35.9 Å². The van der Waals surface area contributed by atoms with E-state index in [1.54, 1.807) is 11.8 Å². The summed E-state index contributed by atoms with van der Waals surface area (Å²) >= 11 is 0. The molecule has 1 aliphatic heterocycles. The molecular formula is C19H21N5O3. The lowest BCUT2D eigenvalue weighted by Crippen LogP contribution is -2.39. The van der Waals surface area contributed by atoms with Crippen molar-refractivity contribution >= 4 is 5.91 Å². The first-order valence-corrected chi connectivity index (χ1v) is 9.00. The van der Waals surface area contributed by atoms with Crippen LogP contribution in [-0.4, -0.2) is 44.2 Å². The van der Waals surface area contributed by atoms with E-state index in [2.05, 4.69) is 20.3 Å². The number of carbonyl (C=O) groups excluding carboxylic acids is 1. The second kappa shape index (κ2) is 6.86. The van der Waals surface area contributed by atoms with Gasteiger partial charge in [0.25, 0.3) is 5.91 Å². The number of aryl methyl sites for hydroxylation is 2. The first kappa shape index (κ1) is 17.3. The Bertz CT molecular complexity index is 1030. The molecule has 0 bridgehead atoms. The first-order chi connectivity index (χ1) is 13.0. The Morgan fingerprint density at radius 1 is 1.30 bits per heavy atom. The van der Waals surface area contributed by atoms with E-state index in [1.807, 2.05) is 31.2 Å². The Balaban J connectivity index is 1.64. The van der Waals surface area contributed by atoms with E-state index < -0.39 is 0 Å². The Morgan fingerprint density at radius 3 is 2.85 bits per heavy atom. The summed E-state index contributed by atoms with van der Waals surface area (Å²) in [6, 6.07) is 7.80. The fourth-order valence-electron chi connectivity index (χ4n) is 3.67. The topological polar surface area (TPSA) is 108 Å². The number of carbonyl (C=O) groups is 1. The van der Waals surface area contributed by atoms with Crippen LogP contribution in [-0.2, 0) is 0 Å². The zero-order chi connectivity index (χ0) is 19.0. The van der Waals surface area contributed by atoms with Crippen molar-refractivity contribution in [3.05, 3.63) is 57.5 Å². The Morgan fingerprint density at radius 2 is 2.11 bits per heavy atom. The van der Waals surface area contributed by atoms with Gasteiger partial charge >= 0.3 is 5.69 Å². The molecule has 0 saturated carbocycles. The van der Waals surface area contributed by atoms with Gasteiger partial charge in [-0.3, -0.25) is 9.78 Å². The maximum Gasteiger partial charge on any atom is 0.340 e. The van der Waals surface area contributed by atoms with Gasteiger partial charge in [0.1, 0.15) is 22.8 Å². The third-order valence-electron chi connectivity index (χ3n) is 5.09. The van der Waals surface area contributed by atoms with E-state index in [9.17, 15) is 9.59 Å². The number of hydrogen-bond acceptors (Lipinski definition) is 5. The molecule has 1 saturated heterocycles. The predicted octanol–water partition coefficient (Wildman–Crippen LogP) is 2.39. The van der Waals surface area contributed by atoms with Crippen LogP contribution in [0.4, 0.5) is 0 Å². The summed E-state index contributed by atoms with van der Waals surface area (Å²) in [7, 11) is 0. The molecule has 1 atom stereocenters. The van der Waals surface area contributed by atoms with Crippen molar-refractivity contribution < 1.29 is 9.32 Å². The molecule has 3 heterocycles. The molecule has 1 fully saturated rings. The van der Waals surface area contributed by atoms with Crippen LogP contribution in [0.3, 0.4) is 0 Å². The number of aromatic nitrogens is 4. The molecule has 0 radical (unpaired) electrons. The minimum atomic E-state index is -0.329. The van der Waals surface area contributed by atoms with Gasteiger partial charge in [-0.1, -0.05) is 29.4 Å². The molecule has 3 aromatic rings. The molecule has 1 aromatic carbocycles. The quantitative estimate of drug-likeness (QED) is 0.739.